The van der Waals surface area contributed by atoms with E-state index in [1.165, 1.54) is 12.1 Å². The van der Waals surface area contributed by atoms with Crippen LogP contribution in [0.5, 0.6) is 5.75 Å². The van der Waals surface area contributed by atoms with Crippen LogP contribution in [0.1, 0.15) is 36.6 Å². The molecule has 0 bridgehead atoms. The molecule has 0 amide bonds. The number of rotatable bonds is 6. The molecule has 1 unspecified atom stereocenters. The summed E-state index contributed by atoms with van der Waals surface area (Å²) in [6, 6.07) is 12.9. The molecule has 2 rings (SSSR count). The van der Waals surface area contributed by atoms with E-state index < -0.39 is 0 Å². The number of ether oxygens (including phenoxy) is 1. The Morgan fingerprint density at radius 3 is 2.71 bits per heavy atom. The van der Waals surface area contributed by atoms with E-state index in [0.717, 1.165) is 29.0 Å². The van der Waals surface area contributed by atoms with Crippen molar-refractivity contribution in [3.05, 3.63) is 65.0 Å². The molecule has 0 fully saturated rings. The van der Waals surface area contributed by atoms with Gasteiger partial charge in [-0.3, -0.25) is 0 Å². The van der Waals surface area contributed by atoms with Crippen LogP contribution >= 0.6 is 0 Å². The Hall–Kier alpha value is -1.87. The van der Waals surface area contributed by atoms with Gasteiger partial charge in [0.05, 0.1) is 0 Å². The minimum absolute atomic E-state index is 0.220. The fourth-order valence-electron chi connectivity index (χ4n) is 2.33. The van der Waals surface area contributed by atoms with Gasteiger partial charge < -0.3 is 10.1 Å². The highest BCUT2D eigenvalue weighted by Crippen LogP contribution is 2.27. The van der Waals surface area contributed by atoms with Crippen LogP contribution in [0, 0.1) is 12.7 Å². The first-order valence-electron chi connectivity index (χ1n) is 7.31. The van der Waals surface area contributed by atoms with Crippen molar-refractivity contribution in [3.63, 3.8) is 0 Å². The molecular weight excluding hydrogens is 265 g/mol. The largest absolute Gasteiger partial charge is 0.489 e. The minimum atomic E-state index is -0.235. The fourth-order valence-corrected chi connectivity index (χ4v) is 2.33. The lowest BCUT2D eigenvalue weighted by molar-refractivity contribution is 0.299. The van der Waals surface area contributed by atoms with Gasteiger partial charge in [0.25, 0.3) is 0 Å². The van der Waals surface area contributed by atoms with Gasteiger partial charge in [0.15, 0.2) is 0 Å². The number of benzene rings is 2. The van der Waals surface area contributed by atoms with Crippen molar-refractivity contribution in [2.45, 2.75) is 33.4 Å². The first kappa shape index (κ1) is 15.5. The summed E-state index contributed by atoms with van der Waals surface area (Å²) >= 11 is 0. The van der Waals surface area contributed by atoms with Gasteiger partial charge in [0, 0.05) is 11.6 Å². The van der Waals surface area contributed by atoms with Gasteiger partial charge in [0.1, 0.15) is 18.2 Å². The second kappa shape index (κ2) is 7.23. The van der Waals surface area contributed by atoms with Crippen LogP contribution in [-0.2, 0) is 6.61 Å². The Kier molecular flexibility index (Phi) is 5.34. The summed E-state index contributed by atoms with van der Waals surface area (Å²) in [7, 11) is 0. The van der Waals surface area contributed by atoms with Crippen molar-refractivity contribution in [1.29, 1.82) is 0 Å². The zero-order valence-corrected chi connectivity index (χ0v) is 12.8. The van der Waals surface area contributed by atoms with E-state index in [1.807, 2.05) is 19.1 Å². The van der Waals surface area contributed by atoms with Gasteiger partial charge in [-0.1, -0.05) is 31.2 Å². The number of hydrogen-bond acceptors (Lipinski definition) is 2. The molecule has 0 radical (unpaired) electrons. The molecule has 2 aromatic carbocycles. The molecule has 21 heavy (non-hydrogen) atoms. The second-order valence-corrected chi connectivity index (χ2v) is 5.24. The summed E-state index contributed by atoms with van der Waals surface area (Å²) in [5.74, 6) is 0.620. The Labute approximate surface area is 126 Å². The molecule has 3 heteroatoms. The molecule has 1 atom stereocenters. The number of halogens is 1. The van der Waals surface area contributed by atoms with Gasteiger partial charge in [-0.15, -0.1) is 0 Å². The first-order valence-corrected chi connectivity index (χ1v) is 7.31. The van der Waals surface area contributed by atoms with Crippen molar-refractivity contribution in [2.75, 3.05) is 6.54 Å². The van der Waals surface area contributed by atoms with Crippen molar-refractivity contribution >= 4 is 0 Å². The van der Waals surface area contributed by atoms with E-state index in [1.54, 1.807) is 6.07 Å². The van der Waals surface area contributed by atoms with Crippen LogP contribution in [0.3, 0.4) is 0 Å². The summed E-state index contributed by atoms with van der Waals surface area (Å²) in [4.78, 5) is 0. The summed E-state index contributed by atoms with van der Waals surface area (Å²) in [5, 5.41) is 3.39. The highest BCUT2D eigenvalue weighted by atomic mass is 19.1. The van der Waals surface area contributed by atoms with Gasteiger partial charge in [-0.2, -0.15) is 0 Å². The van der Waals surface area contributed by atoms with Crippen LogP contribution < -0.4 is 10.1 Å². The predicted molar refractivity (Wildman–Crippen MR) is 84.0 cm³/mol. The van der Waals surface area contributed by atoms with Crippen molar-refractivity contribution in [2.24, 2.45) is 0 Å². The van der Waals surface area contributed by atoms with E-state index in [9.17, 15) is 4.39 Å². The monoisotopic (exact) mass is 287 g/mol. The molecule has 0 heterocycles. The van der Waals surface area contributed by atoms with Gasteiger partial charge >= 0.3 is 0 Å². The highest BCUT2D eigenvalue weighted by molar-refractivity contribution is 5.39. The lowest BCUT2D eigenvalue weighted by atomic mass is 10.0. The molecule has 0 aromatic heterocycles. The Balaban J connectivity index is 2.16. The van der Waals surface area contributed by atoms with E-state index in [0.29, 0.717) is 6.61 Å². The summed E-state index contributed by atoms with van der Waals surface area (Å²) in [6.07, 6.45) is 0. The molecule has 112 valence electrons. The molecular formula is C18H22FNO. The lowest BCUT2D eigenvalue weighted by Gasteiger charge is -2.18. The molecule has 0 spiro atoms. The summed E-state index contributed by atoms with van der Waals surface area (Å²) in [5.41, 5.74) is 3.11. The SMILES string of the molecule is CCNC(C)c1ccc(C)cc1OCc1cccc(F)c1. The smallest absolute Gasteiger partial charge is 0.124 e. The van der Waals surface area contributed by atoms with Crippen molar-refractivity contribution in [3.8, 4) is 5.75 Å². The molecule has 0 saturated carbocycles. The first-order chi connectivity index (χ1) is 10.1. The maximum Gasteiger partial charge on any atom is 0.124 e. The zero-order valence-electron chi connectivity index (χ0n) is 12.8. The quantitative estimate of drug-likeness (QED) is 0.851. The second-order valence-electron chi connectivity index (χ2n) is 5.24. The summed E-state index contributed by atoms with van der Waals surface area (Å²) in [6.45, 7) is 7.50. The zero-order chi connectivity index (χ0) is 15.2. The summed E-state index contributed by atoms with van der Waals surface area (Å²) < 4.78 is 19.1. The molecule has 0 aliphatic heterocycles. The van der Waals surface area contributed by atoms with Gasteiger partial charge in [0.2, 0.25) is 0 Å². The van der Waals surface area contributed by atoms with E-state index in [2.05, 4.69) is 31.3 Å². The third-order valence-corrected chi connectivity index (χ3v) is 3.43. The van der Waals surface area contributed by atoms with Crippen LogP contribution in [0.4, 0.5) is 4.39 Å². The Morgan fingerprint density at radius 1 is 1.19 bits per heavy atom. The molecule has 0 aliphatic carbocycles. The van der Waals surface area contributed by atoms with Gasteiger partial charge in [-0.05, 0) is 49.7 Å². The van der Waals surface area contributed by atoms with Crippen LogP contribution in [0.25, 0.3) is 0 Å². The normalized spacial score (nSPS) is 12.2. The number of aryl methyl sites for hydroxylation is 1. The van der Waals surface area contributed by atoms with Crippen LogP contribution in [0.15, 0.2) is 42.5 Å². The van der Waals surface area contributed by atoms with Crippen LogP contribution in [-0.4, -0.2) is 6.54 Å². The lowest BCUT2D eigenvalue weighted by Crippen LogP contribution is -2.18. The van der Waals surface area contributed by atoms with E-state index in [-0.39, 0.29) is 11.9 Å². The third-order valence-electron chi connectivity index (χ3n) is 3.43. The van der Waals surface area contributed by atoms with E-state index in [4.69, 9.17) is 4.74 Å². The number of nitrogens with one attached hydrogen (secondary N) is 1. The predicted octanol–water partition coefficient (Wildman–Crippen LogP) is 4.38. The maximum atomic E-state index is 13.2. The van der Waals surface area contributed by atoms with E-state index >= 15 is 0 Å². The highest BCUT2D eigenvalue weighted by Gasteiger charge is 2.11. The molecule has 0 aliphatic rings. The Morgan fingerprint density at radius 2 is 2.00 bits per heavy atom. The topological polar surface area (TPSA) is 21.3 Å². The van der Waals surface area contributed by atoms with Crippen molar-refractivity contribution in [1.82, 2.24) is 5.32 Å². The fraction of sp³-hybridized carbons (Fsp3) is 0.333. The number of hydrogen-bond donors (Lipinski definition) is 1. The molecule has 1 N–H and O–H groups in total. The standard InChI is InChI=1S/C18H22FNO/c1-4-20-14(3)17-9-8-13(2)10-18(17)21-12-15-6-5-7-16(19)11-15/h5-11,14,20H,4,12H2,1-3H3. The molecule has 2 aromatic rings. The molecule has 2 nitrogen and oxygen atoms in total. The van der Waals surface area contributed by atoms with Crippen molar-refractivity contribution < 1.29 is 9.13 Å². The minimum Gasteiger partial charge on any atom is -0.489 e. The average Bonchev–Trinajstić information content (AvgIpc) is 2.45. The molecule has 0 saturated heterocycles. The third kappa shape index (κ3) is 4.30. The average molecular weight is 287 g/mol. The van der Waals surface area contributed by atoms with Gasteiger partial charge in [-0.25, -0.2) is 4.39 Å². The van der Waals surface area contributed by atoms with Crippen LogP contribution in [0.2, 0.25) is 0 Å². The maximum absolute atomic E-state index is 13.2. The Bertz CT molecular complexity index is 598.